The largest absolute Gasteiger partial charge is 0.479 e. The van der Waals surface area contributed by atoms with Gasteiger partial charge in [0.05, 0.1) is 13.7 Å². The maximum absolute atomic E-state index is 13.8. The Morgan fingerprint density at radius 1 is 1.12 bits per heavy atom. The van der Waals surface area contributed by atoms with Crippen molar-refractivity contribution < 1.29 is 38.6 Å². The molecule has 0 spiro atoms. The fraction of sp³-hybridized carbons (Fsp3) is 0.567. The van der Waals surface area contributed by atoms with Crippen LogP contribution < -0.4 is 10.6 Å². The fourth-order valence-electron chi connectivity index (χ4n) is 6.22. The number of carbonyl (C=O) groups excluding carboxylic acids is 4. The van der Waals surface area contributed by atoms with Crippen LogP contribution in [0, 0.1) is 5.92 Å². The highest BCUT2D eigenvalue weighted by Gasteiger charge is 2.61. The van der Waals surface area contributed by atoms with Gasteiger partial charge in [-0.2, -0.15) is 0 Å². The first-order valence-electron chi connectivity index (χ1n) is 14.6. The smallest absolute Gasteiger partial charge is 0.410 e. The zero-order chi connectivity index (χ0) is 29.9. The van der Waals surface area contributed by atoms with E-state index in [1.165, 1.54) is 17.6 Å². The van der Waals surface area contributed by atoms with Crippen LogP contribution >= 0.6 is 0 Å². The van der Waals surface area contributed by atoms with Crippen molar-refractivity contribution in [3.05, 3.63) is 47.5 Å². The van der Waals surface area contributed by atoms with E-state index in [0.29, 0.717) is 32.4 Å². The van der Waals surface area contributed by atoms with Gasteiger partial charge in [-0.25, -0.2) is 14.4 Å². The average Bonchev–Trinajstić information content (AvgIpc) is 3.52. The molecular weight excluding hydrogens is 544 g/mol. The van der Waals surface area contributed by atoms with Crippen LogP contribution in [0.1, 0.15) is 56.1 Å². The lowest BCUT2D eigenvalue weighted by molar-refractivity contribution is -0.145. The average molecular weight is 583 g/mol. The second-order valence-corrected chi connectivity index (χ2v) is 11.5. The summed E-state index contributed by atoms with van der Waals surface area (Å²) in [5.74, 6) is -2.61. The zero-order valence-corrected chi connectivity index (χ0v) is 23.8. The minimum atomic E-state index is -1.44. The standard InChI is InChI=1S/C30H38N4O8/c1-41-28(39)31-23-12-6-4-2-3-5-11-21-16-30(21,27(37)38)32-25(35)24-15-22(18-34(24)26(23)36)42-29(40)33-14-13-19-9-7-8-10-20(19)17-33/h5,7-11,21-24H,2-4,6,12-18H2,1H3,(H,31,39)(H,32,35)(H,37,38)/b11-5+/t21-,22-,23+,24+,30-/m1/s1. The Hall–Kier alpha value is -4.09. The summed E-state index contributed by atoms with van der Waals surface area (Å²) < 4.78 is 10.6. The Morgan fingerprint density at radius 3 is 2.67 bits per heavy atom. The highest BCUT2D eigenvalue weighted by Crippen LogP contribution is 2.45. The summed E-state index contributed by atoms with van der Waals surface area (Å²) >= 11 is 0. The van der Waals surface area contributed by atoms with Crippen LogP contribution in [0.4, 0.5) is 9.59 Å². The lowest BCUT2D eigenvalue weighted by Crippen LogP contribution is -2.56. The van der Waals surface area contributed by atoms with Crippen LogP contribution in [0.25, 0.3) is 0 Å². The van der Waals surface area contributed by atoms with Gasteiger partial charge in [0.25, 0.3) is 0 Å². The number of rotatable bonds is 3. The monoisotopic (exact) mass is 582 g/mol. The van der Waals surface area contributed by atoms with E-state index in [-0.39, 0.29) is 25.3 Å². The molecule has 4 amide bonds. The molecule has 226 valence electrons. The van der Waals surface area contributed by atoms with Crippen molar-refractivity contribution in [3.63, 3.8) is 0 Å². The molecule has 5 atom stereocenters. The summed E-state index contributed by atoms with van der Waals surface area (Å²) in [6.07, 6.45) is 6.00. The summed E-state index contributed by atoms with van der Waals surface area (Å²) in [5, 5.41) is 15.3. The Balaban J connectivity index is 1.36. The lowest BCUT2D eigenvalue weighted by Gasteiger charge is -2.29. The summed E-state index contributed by atoms with van der Waals surface area (Å²) in [7, 11) is 1.21. The quantitative estimate of drug-likeness (QED) is 0.459. The number of amides is 4. The molecule has 1 saturated carbocycles. The maximum atomic E-state index is 13.8. The molecule has 5 rings (SSSR count). The van der Waals surface area contributed by atoms with Crippen LogP contribution in [-0.4, -0.2) is 88.8 Å². The Bertz CT molecular complexity index is 1270. The summed E-state index contributed by atoms with van der Waals surface area (Å²) in [4.78, 5) is 67.9. The van der Waals surface area contributed by atoms with Crippen LogP contribution in [0.15, 0.2) is 36.4 Å². The lowest BCUT2D eigenvalue weighted by atomic mass is 10.0. The molecule has 12 heteroatoms. The Kier molecular flexibility index (Phi) is 8.69. The Morgan fingerprint density at radius 2 is 1.90 bits per heavy atom. The first-order valence-corrected chi connectivity index (χ1v) is 14.6. The van der Waals surface area contributed by atoms with Crippen molar-refractivity contribution in [1.29, 1.82) is 0 Å². The number of ether oxygens (including phenoxy) is 2. The summed E-state index contributed by atoms with van der Waals surface area (Å²) in [6, 6.07) is 5.85. The van der Waals surface area contributed by atoms with Crippen molar-refractivity contribution in [3.8, 4) is 0 Å². The molecule has 3 N–H and O–H groups in total. The van der Waals surface area contributed by atoms with Crippen LogP contribution in [0.2, 0.25) is 0 Å². The van der Waals surface area contributed by atoms with E-state index in [1.807, 2.05) is 36.4 Å². The number of fused-ring (bicyclic) bond motifs is 3. The van der Waals surface area contributed by atoms with E-state index >= 15 is 0 Å². The van der Waals surface area contributed by atoms with Gasteiger partial charge in [0.15, 0.2) is 0 Å². The third-order valence-corrected chi connectivity index (χ3v) is 8.75. The molecule has 0 radical (unpaired) electrons. The van der Waals surface area contributed by atoms with Crippen molar-refractivity contribution in [2.24, 2.45) is 5.92 Å². The van der Waals surface area contributed by atoms with Gasteiger partial charge in [0.1, 0.15) is 23.7 Å². The van der Waals surface area contributed by atoms with Gasteiger partial charge in [0, 0.05) is 25.4 Å². The predicted octanol–water partition coefficient (Wildman–Crippen LogP) is 2.36. The molecule has 0 bridgehead atoms. The number of alkyl carbamates (subject to hydrolysis) is 1. The number of hydrogen-bond donors (Lipinski definition) is 3. The Labute approximate surface area is 244 Å². The minimum Gasteiger partial charge on any atom is -0.479 e. The van der Waals surface area contributed by atoms with E-state index < -0.39 is 53.7 Å². The third kappa shape index (κ3) is 6.22. The third-order valence-electron chi connectivity index (χ3n) is 8.75. The van der Waals surface area contributed by atoms with Gasteiger partial charge in [-0.1, -0.05) is 49.3 Å². The van der Waals surface area contributed by atoms with Crippen LogP contribution in [0.3, 0.4) is 0 Å². The topological polar surface area (TPSA) is 155 Å². The molecule has 42 heavy (non-hydrogen) atoms. The number of carbonyl (C=O) groups is 5. The normalized spacial score (nSPS) is 30.3. The molecule has 1 saturated heterocycles. The van der Waals surface area contributed by atoms with Crippen molar-refractivity contribution in [1.82, 2.24) is 20.4 Å². The summed E-state index contributed by atoms with van der Waals surface area (Å²) in [5.41, 5.74) is 0.778. The van der Waals surface area contributed by atoms with E-state index in [1.54, 1.807) is 4.90 Å². The number of aliphatic carboxylic acids is 1. The molecule has 3 heterocycles. The molecule has 4 aliphatic rings. The molecule has 1 aliphatic carbocycles. The van der Waals surface area contributed by atoms with E-state index in [0.717, 1.165) is 24.8 Å². The second kappa shape index (κ2) is 12.4. The predicted molar refractivity (Wildman–Crippen MR) is 149 cm³/mol. The number of nitrogens with zero attached hydrogens (tertiary/aromatic N) is 2. The van der Waals surface area contributed by atoms with E-state index in [4.69, 9.17) is 9.47 Å². The molecule has 1 aromatic carbocycles. The van der Waals surface area contributed by atoms with Crippen molar-refractivity contribution in [2.45, 2.75) is 81.6 Å². The SMILES string of the molecule is COC(=O)N[C@H]1CCCCC/C=C/[C@@H]2C[C@@]2(C(=O)O)NC(=O)[C@@H]2C[C@@H](OC(=O)N3CCc4ccccc4C3)CN2C1=O. The second-order valence-electron chi connectivity index (χ2n) is 11.5. The molecule has 3 aliphatic heterocycles. The van der Waals surface area contributed by atoms with Gasteiger partial charge in [0.2, 0.25) is 11.8 Å². The summed E-state index contributed by atoms with van der Waals surface area (Å²) in [6.45, 7) is 0.821. The van der Waals surface area contributed by atoms with Gasteiger partial charge >= 0.3 is 18.2 Å². The van der Waals surface area contributed by atoms with Crippen molar-refractivity contribution >= 4 is 30.0 Å². The molecule has 1 aromatic rings. The highest BCUT2D eigenvalue weighted by atomic mass is 16.6. The van der Waals surface area contributed by atoms with Gasteiger partial charge in [-0.15, -0.1) is 0 Å². The van der Waals surface area contributed by atoms with Gasteiger partial charge in [-0.3, -0.25) is 9.59 Å². The molecule has 0 unspecified atom stereocenters. The van der Waals surface area contributed by atoms with E-state index in [9.17, 15) is 29.1 Å². The molecule has 0 aromatic heterocycles. The highest BCUT2D eigenvalue weighted by molar-refractivity contribution is 5.96. The van der Waals surface area contributed by atoms with Gasteiger partial charge < -0.3 is 35.0 Å². The number of carboxylic acid groups (broad SMARTS) is 1. The molecular formula is C30H38N4O8. The van der Waals surface area contributed by atoms with Gasteiger partial charge in [-0.05, 0) is 43.2 Å². The first-order chi connectivity index (χ1) is 20.2. The fourth-order valence-corrected chi connectivity index (χ4v) is 6.22. The number of allylic oxidation sites excluding steroid dienone is 1. The van der Waals surface area contributed by atoms with E-state index in [2.05, 4.69) is 10.6 Å². The number of carboxylic acids is 1. The minimum absolute atomic E-state index is 0.00882. The maximum Gasteiger partial charge on any atom is 0.410 e. The first kappa shape index (κ1) is 29.4. The number of nitrogens with one attached hydrogen (secondary N) is 2. The number of methoxy groups -OCH3 is 1. The number of hydrogen-bond acceptors (Lipinski definition) is 7. The zero-order valence-electron chi connectivity index (χ0n) is 23.8. The van der Waals surface area contributed by atoms with Crippen LogP contribution in [0.5, 0.6) is 0 Å². The van der Waals surface area contributed by atoms with Crippen molar-refractivity contribution in [2.75, 3.05) is 20.2 Å². The van der Waals surface area contributed by atoms with Crippen LogP contribution in [-0.2, 0) is 36.8 Å². The number of benzene rings is 1. The molecule has 2 fully saturated rings. The molecule has 12 nitrogen and oxygen atoms in total.